The van der Waals surface area contributed by atoms with Gasteiger partial charge in [0.05, 0.1) is 18.7 Å². The van der Waals surface area contributed by atoms with Crippen LogP contribution in [0, 0.1) is 5.92 Å². The lowest BCUT2D eigenvalue weighted by Gasteiger charge is -2.05. The van der Waals surface area contributed by atoms with Crippen molar-refractivity contribution in [2.75, 3.05) is 13.1 Å². The van der Waals surface area contributed by atoms with E-state index in [2.05, 4.69) is 29.1 Å². The molecular formula is C14H22N4O. The van der Waals surface area contributed by atoms with Gasteiger partial charge in [0.15, 0.2) is 11.7 Å². The molecule has 5 nitrogen and oxygen atoms in total. The summed E-state index contributed by atoms with van der Waals surface area (Å²) in [7, 11) is 1.94. The standard InChI is InChI=1S/C14H22N4O/c1-11(2)7-15-6-4-5-14-17-9-13(19-14)12-8-16-10-18(12)3/h8-11,15H,4-7H2,1-3H3. The van der Waals surface area contributed by atoms with Crippen molar-refractivity contribution in [1.29, 1.82) is 0 Å². The van der Waals surface area contributed by atoms with Gasteiger partial charge in [-0.15, -0.1) is 0 Å². The van der Waals surface area contributed by atoms with Crippen LogP contribution in [0.5, 0.6) is 0 Å². The number of rotatable bonds is 7. The van der Waals surface area contributed by atoms with Gasteiger partial charge < -0.3 is 14.3 Å². The molecule has 5 heteroatoms. The molecule has 0 aliphatic carbocycles. The van der Waals surface area contributed by atoms with Crippen molar-refractivity contribution in [1.82, 2.24) is 19.9 Å². The quantitative estimate of drug-likeness (QED) is 0.778. The Morgan fingerprint density at radius 1 is 1.37 bits per heavy atom. The number of oxazole rings is 1. The molecule has 0 saturated carbocycles. The molecule has 0 aliphatic rings. The zero-order chi connectivity index (χ0) is 13.7. The molecule has 0 fully saturated rings. The van der Waals surface area contributed by atoms with E-state index in [-0.39, 0.29) is 0 Å². The second-order valence-electron chi connectivity index (χ2n) is 5.21. The van der Waals surface area contributed by atoms with Crippen LogP contribution < -0.4 is 5.32 Å². The molecule has 0 bridgehead atoms. The lowest BCUT2D eigenvalue weighted by atomic mass is 10.2. The molecule has 19 heavy (non-hydrogen) atoms. The maximum Gasteiger partial charge on any atom is 0.195 e. The fourth-order valence-corrected chi connectivity index (χ4v) is 1.89. The highest BCUT2D eigenvalue weighted by Crippen LogP contribution is 2.19. The fraction of sp³-hybridized carbons (Fsp3) is 0.571. The van der Waals surface area contributed by atoms with Crippen molar-refractivity contribution in [3.05, 3.63) is 24.6 Å². The Morgan fingerprint density at radius 2 is 2.21 bits per heavy atom. The van der Waals surface area contributed by atoms with E-state index in [4.69, 9.17) is 4.42 Å². The van der Waals surface area contributed by atoms with Crippen molar-refractivity contribution >= 4 is 0 Å². The summed E-state index contributed by atoms with van der Waals surface area (Å²) < 4.78 is 7.66. The SMILES string of the molecule is CC(C)CNCCCc1ncc(-c2cncn2C)o1. The van der Waals surface area contributed by atoms with E-state index in [9.17, 15) is 0 Å². The molecular weight excluding hydrogens is 240 g/mol. The summed E-state index contributed by atoms with van der Waals surface area (Å²) >= 11 is 0. The van der Waals surface area contributed by atoms with Crippen LogP contribution >= 0.6 is 0 Å². The molecule has 2 heterocycles. The van der Waals surface area contributed by atoms with Gasteiger partial charge in [-0.05, 0) is 25.4 Å². The van der Waals surface area contributed by atoms with Crippen molar-refractivity contribution in [2.24, 2.45) is 13.0 Å². The predicted octanol–water partition coefficient (Wildman–Crippen LogP) is 2.25. The monoisotopic (exact) mass is 262 g/mol. The average Bonchev–Trinajstić information content (AvgIpc) is 2.97. The van der Waals surface area contributed by atoms with Crippen LogP contribution in [0.1, 0.15) is 26.2 Å². The van der Waals surface area contributed by atoms with Gasteiger partial charge in [0.2, 0.25) is 0 Å². The topological polar surface area (TPSA) is 55.9 Å². The van der Waals surface area contributed by atoms with E-state index < -0.39 is 0 Å². The van der Waals surface area contributed by atoms with E-state index in [0.29, 0.717) is 5.92 Å². The lowest BCUT2D eigenvalue weighted by molar-refractivity contribution is 0.481. The predicted molar refractivity (Wildman–Crippen MR) is 74.7 cm³/mol. The number of nitrogens with one attached hydrogen (secondary N) is 1. The Balaban J connectivity index is 1.80. The van der Waals surface area contributed by atoms with Crippen LogP contribution in [-0.2, 0) is 13.5 Å². The van der Waals surface area contributed by atoms with Crippen molar-refractivity contribution < 1.29 is 4.42 Å². The van der Waals surface area contributed by atoms with Crippen LogP contribution in [0.3, 0.4) is 0 Å². The lowest BCUT2D eigenvalue weighted by Crippen LogP contribution is -2.21. The molecule has 1 N–H and O–H groups in total. The number of aromatic nitrogens is 3. The molecule has 0 atom stereocenters. The van der Waals surface area contributed by atoms with E-state index in [1.165, 1.54) is 0 Å². The zero-order valence-electron chi connectivity index (χ0n) is 11.9. The molecule has 0 amide bonds. The molecule has 0 aromatic carbocycles. The Morgan fingerprint density at radius 3 is 2.89 bits per heavy atom. The van der Waals surface area contributed by atoms with Gasteiger partial charge in [-0.3, -0.25) is 0 Å². The number of hydrogen-bond acceptors (Lipinski definition) is 4. The minimum atomic E-state index is 0.693. The molecule has 104 valence electrons. The minimum Gasteiger partial charge on any atom is -0.439 e. The van der Waals surface area contributed by atoms with Gasteiger partial charge in [0.1, 0.15) is 5.69 Å². The third-order valence-corrected chi connectivity index (χ3v) is 2.92. The van der Waals surface area contributed by atoms with Crippen LogP contribution in [0.15, 0.2) is 23.1 Å². The van der Waals surface area contributed by atoms with Gasteiger partial charge in [-0.2, -0.15) is 0 Å². The molecule has 0 saturated heterocycles. The normalized spacial score (nSPS) is 11.4. The van der Waals surface area contributed by atoms with Crippen molar-refractivity contribution in [3.8, 4) is 11.5 Å². The summed E-state index contributed by atoms with van der Waals surface area (Å²) in [4.78, 5) is 8.39. The van der Waals surface area contributed by atoms with E-state index in [0.717, 1.165) is 43.3 Å². The van der Waals surface area contributed by atoms with Crippen molar-refractivity contribution in [3.63, 3.8) is 0 Å². The smallest absolute Gasteiger partial charge is 0.195 e. The second kappa shape index (κ2) is 6.52. The Labute approximate surface area is 114 Å². The van der Waals surface area contributed by atoms with Gasteiger partial charge in [0, 0.05) is 13.5 Å². The van der Waals surface area contributed by atoms with Crippen LogP contribution in [0.4, 0.5) is 0 Å². The molecule has 0 unspecified atom stereocenters. The summed E-state index contributed by atoms with van der Waals surface area (Å²) in [5.74, 6) is 2.27. The molecule has 2 aromatic heterocycles. The van der Waals surface area contributed by atoms with Gasteiger partial charge >= 0.3 is 0 Å². The summed E-state index contributed by atoms with van der Waals surface area (Å²) in [5.41, 5.74) is 0.955. The number of imidazole rings is 1. The summed E-state index contributed by atoms with van der Waals surface area (Å²) in [6.45, 7) is 6.48. The second-order valence-corrected chi connectivity index (χ2v) is 5.21. The first-order valence-corrected chi connectivity index (χ1v) is 6.79. The summed E-state index contributed by atoms with van der Waals surface area (Å²) in [5, 5.41) is 3.41. The first-order valence-electron chi connectivity index (χ1n) is 6.79. The Kier molecular flexibility index (Phi) is 4.74. The molecule has 2 rings (SSSR count). The van der Waals surface area contributed by atoms with Crippen LogP contribution in [0.2, 0.25) is 0 Å². The number of aryl methyl sites for hydroxylation is 2. The van der Waals surface area contributed by atoms with Crippen LogP contribution in [0.25, 0.3) is 11.5 Å². The fourth-order valence-electron chi connectivity index (χ4n) is 1.89. The van der Waals surface area contributed by atoms with Gasteiger partial charge in [0.25, 0.3) is 0 Å². The van der Waals surface area contributed by atoms with E-state index >= 15 is 0 Å². The Bertz CT molecular complexity index is 501. The van der Waals surface area contributed by atoms with E-state index in [1.807, 2.05) is 11.6 Å². The number of nitrogens with zero attached hydrogens (tertiary/aromatic N) is 3. The maximum absolute atomic E-state index is 5.74. The highest BCUT2D eigenvalue weighted by Gasteiger charge is 2.09. The molecule has 0 spiro atoms. The number of hydrogen-bond donors (Lipinski definition) is 1. The maximum atomic E-state index is 5.74. The summed E-state index contributed by atoms with van der Waals surface area (Å²) in [6, 6.07) is 0. The average molecular weight is 262 g/mol. The largest absolute Gasteiger partial charge is 0.439 e. The highest BCUT2D eigenvalue weighted by atomic mass is 16.4. The molecule has 2 aromatic rings. The van der Waals surface area contributed by atoms with E-state index in [1.54, 1.807) is 18.7 Å². The van der Waals surface area contributed by atoms with Crippen molar-refractivity contribution in [2.45, 2.75) is 26.7 Å². The first-order chi connectivity index (χ1) is 9.16. The van der Waals surface area contributed by atoms with Gasteiger partial charge in [-0.1, -0.05) is 13.8 Å². The van der Waals surface area contributed by atoms with Crippen LogP contribution in [-0.4, -0.2) is 27.6 Å². The first kappa shape index (κ1) is 13.8. The van der Waals surface area contributed by atoms with Gasteiger partial charge in [-0.25, -0.2) is 9.97 Å². The molecule has 0 radical (unpaired) electrons. The zero-order valence-corrected chi connectivity index (χ0v) is 11.9. The minimum absolute atomic E-state index is 0.693. The Hall–Kier alpha value is -1.62. The third-order valence-electron chi connectivity index (χ3n) is 2.92. The highest BCUT2D eigenvalue weighted by molar-refractivity contribution is 5.49. The molecule has 0 aliphatic heterocycles. The third kappa shape index (κ3) is 3.92. The summed E-state index contributed by atoms with van der Waals surface area (Å²) in [6.07, 6.45) is 7.22.